The molecular weight excluding hydrogens is 298 g/mol. The molecule has 2 aromatic rings. The van der Waals surface area contributed by atoms with Gasteiger partial charge in [-0.05, 0) is 40.8 Å². The van der Waals surface area contributed by atoms with Gasteiger partial charge in [0.1, 0.15) is 0 Å². The standard InChI is InChI=1S/C15H19N5OS/c1-20-15(17-18-19-20)22-9-8-14(21)16-13-7-6-11-4-2-3-5-12(11)10-13/h2-5,13H,6-10H2,1H3,(H,16,21). The van der Waals surface area contributed by atoms with Crippen molar-refractivity contribution in [2.45, 2.75) is 36.9 Å². The number of hydrogen-bond donors (Lipinski definition) is 1. The third-order valence-corrected chi connectivity index (χ3v) is 4.87. The molecule has 0 bridgehead atoms. The molecule has 1 aliphatic rings. The minimum atomic E-state index is 0.104. The van der Waals surface area contributed by atoms with Gasteiger partial charge in [0.15, 0.2) is 0 Å². The van der Waals surface area contributed by atoms with E-state index in [1.807, 2.05) is 0 Å². The van der Waals surface area contributed by atoms with E-state index in [4.69, 9.17) is 0 Å². The molecule has 0 aliphatic heterocycles. The monoisotopic (exact) mass is 317 g/mol. The third kappa shape index (κ3) is 3.65. The molecule has 1 aromatic carbocycles. The smallest absolute Gasteiger partial charge is 0.221 e. The number of fused-ring (bicyclic) bond motifs is 1. The zero-order valence-corrected chi connectivity index (χ0v) is 13.3. The number of thioether (sulfide) groups is 1. The third-order valence-electron chi connectivity index (χ3n) is 3.85. The van der Waals surface area contributed by atoms with Crippen molar-refractivity contribution in [2.24, 2.45) is 7.05 Å². The van der Waals surface area contributed by atoms with Crippen molar-refractivity contribution in [1.82, 2.24) is 25.5 Å². The predicted octanol–water partition coefficient (Wildman–Crippen LogP) is 1.37. The Balaban J connectivity index is 1.44. The molecule has 3 rings (SSSR count). The Kier molecular flexibility index (Phi) is 4.72. The molecule has 1 atom stereocenters. The molecule has 0 saturated carbocycles. The first kappa shape index (κ1) is 15.0. The Morgan fingerprint density at radius 3 is 3.00 bits per heavy atom. The summed E-state index contributed by atoms with van der Waals surface area (Å²) in [5.74, 6) is 0.788. The lowest BCUT2D eigenvalue weighted by atomic mass is 9.88. The summed E-state index contributed by atoms with van der Waals surface area (Å²) >= 11 is 1.50. The van der Waals surface area contributed by atoms with E-state index in [0.29, 0.717) is 12.2 Å². The molecule has 0 spiro atoms. The van der Waals surface area contributed by atoms with Gasteiger partial charge in [-0.1, -0.05) is 36.0 Å². The Labute approximate surface area is 133 Å². The first-order valence-electron chi connectivity index (χ1n) is 7.43. The Bertz CT molecular complexity index is 657. The molecule has 116 valence electrons. The van der Waals surface area contributed by atoms with Crippen LogP contribution >= 0.6 is 11.8 Å². The van der Waals surface area contributed by atoms with E-state index in [0.717, 1.165) is 24.4 Å². The van der Waals surface area contributed by atoms with Crippen LogP contribution in [0, 0.1) is 0 Å². The van der Waals surface area contributed by atoms with Crippen molar-refractivity contribution in [3.8, 4) is 0 Å². The van der Waals surface area contributed by atoms with Crippen molar-refractivity contribution < 1.29 is 4.79 Å². The van der Waals surface area contributed by atoms with Crippen LogP contribution in [0.4, 0.5) is 0 Å². The van der Waals surface area contributed by atoms with Gasteiger partial charge in [-0.25, -0.2) is 4.68 Å². The second-order valence-electron chi connectivity index (χ2n) is 5.46. The molecule has 1 aliphatic carbocycles. The molecular formula is C15H19N5OS. The zero-order valence-electron chi connectivity index (χ0n) is 12.5. The molecule has 1 amide bonds. The number of amides is 1. The van der Waals surface area contributed by atoms with Crippen molar-refractivity contribution in [3.63, 3.8) is 0 Å². The van der Waals surface area contributed by atoms with E-state index < -0.39 is 0 Å². The number of tetrazole rings is 1. The summed E-state index contributed by atoms with van der Waals surface area (Å²) in [6.07, 6.45) is 3.47. The average Bonchev–Trinajstić information content (AvgIpc) is 2.92. The lowest BCUT2D eigenvalue weighted by Gasteiger charge is -2.25. The fourth-order valence-electron chi connectivity index (χ4n) is 2.70. The van der Waals surface area contributed by atoms with E-state index >= 15 is 0 Å². The number of aromatic nitrogens is 4. The second kappa shape index (κ2) is 6.91. The van der Waals surface area contributed by atoms with Crippen LogP contribution in [0.1, 0.15) is 24.0 Å². The Morgan fingerprint density at radius 1 is 1.41 bits per heavy atom. The fourth-order valence-corrected chi connectivity index (χ4v) is 3.49. The largest absolute Gasteiger partial charge is 0.353 e. The quantitative estimate of drug-likeness (QED) is 0.843. The van der Waals surface area contributed by atoms with E-state index in [1.165, 1.54) is 22.9 Å². The van der Waals surface area contributed by atoms with Crippen LogP contribution in [0.5, 0.6) is 0 Å². The van der Waals surface area contributed by atoms with Crippen LogP contribution in [0.2, 0.25) is 0 Å². The van der Waals surface area contributed by atoms with E-state index in [9.17, 15) is 4.79 Å². The molecule has 1 N–H and O–H groups in total. The van der Waals surface area contributed by atoms with Gasteiger partial charge < -0.3 is 5.32 Å². The summed E-state index contributed by atoms with van der Waals surface area (Å²) in [7, 11) is 1.79. The number of carbonyl (C=O) groups is 1. The van der Waals surface area contributed by atoms with Gasteiger partial charge in [-0.3, -0.25) is 4.79 Å². The highest BCUT2D eigenvalue weighted by Crippen LogP contribution is 2.21. The van der Waals surface area contributed by atoms with Crippen LogP contribution in [0.25, 0.3) is 0 Å². The number of nitrogens with zero attached hydrogens (tertiary/aromatic N) is 4. The summed E-state index contributed by atoms with van der Waals surface area (Å²) in [6, 6.07) is 8.73. The summed E-state index contributed by atoms with van der Waals surface area (Å²) in [5.41, 5.74) is 2.77. The molecule has 1 heterocycles. The summed E-state index contributed by atoms with van der Waals surface area (Å²) in [4.78, 5) is 12.1. The van der Waals surface area contributed by atoms with Crippen LogP contribution in [-0.2, 0) is 24.7 Å². The minimum Gasteiger partial charge on any atom is -0.353 e. The number of nitrogens with one attached hydrogen (secondary N) is 1. The number of rotatable bonds is 5. The summed E-state index contributed by atoms with van der Waals surface area (Å²) < 4.78 is 1.61. The highest BCUT2D eigenvalue weighted by atomic mass is 32.2. The maximum absolute atomic E-state index is 12.1. The topological polar surface area (TPSA) is 72.7 Å². The van der Waals surface area contributed by atoms with Crippen molar-refractivity contribution in [1.29, 1.82) is 0 Å². The maximum atomic E-state index is 12.1. The predicted molar refractivity (Wildman–Crippen MR) is 84.5 cm³/mol. The molecule has 0 radical (unpaired) electrons. The first-order chi connectivity index (χ1) is 10.7. The van der Waals surface area contributed by atoms with Gasteiger partial charge in [0.05, 0.1) is 0 Å². The SMILES string of the molecule is Cn1nnnc1SCCC(=O)NC1CCc2ccccc2C1. The van der Waals surface area contributed by atoms with Crippen molar-refractivity contribution in [2.75, 3.05) is 5.75 Å². The highest BCUT2D eigenvalue weighted by Gasteiger charge is 2.19. The Morgan fingerprint density at radius 2 is 2.23 bits per heavy atom. The molecule has 0 fully saturated rings. The molecule has 1 aromatic heterocycles. The van der Waals surface area contributed by atoms with Gasteiger partial charge in [-0.2, -0.15) is 0 Å². The summed E-state index contributed by atoms with van der Waals surface area (Å²) in [6.45, 7) is 0. The number of hydrogen-bond acceptors (Lipinski definition) is 5. The number of aryl methyl sites for hydroxylation is 2. The van der Waals surface area contributed by atoms with Crippen LogP contribution in [0.15, 0.2) is 29.4 Å². The second-order valence-corrected chi connectivity index (χ2v) is 6.52. The van der Waals surface area contributed by atoms with E-state index in [-0.39, 0.29) is 11.9 Å². The van der Waals surface area contributed by atoms with Crippen LogP contribution in [-0.4, -0.2) is 37.9 Å². The van der Waals surface area contributed by atoms with Crippen molar-refractivity contribution in [3.05, 3.63) is 35.4 Å². The fraction of sp³-hybridized carbons (Fsp3) is 0.467. The zero-order chi connectivity index (χ0) is 15.4. The molecule has 1 unspecified atom stereocenters. The van der Waals surface area contributed by atoms with Gasteiger partial charge >= 0.3 is 0 Å². The van der Waals surface area contributed by atoms with Crippen LogP contribution < -0.4 is 5.32 Å². The summed E-state index contributed by atoms with van der Waals surface area (Å²) in [5, 5.41) is 15.1. The molecule has 7 heteroatoms. The normalized spacial score (nSPS) is 17.0. The average molecular weight is 317 g/mol. The van der Waals surface area contributed by atoms with Gasteiger partial charge in [0.2, 0.25) is 11.1 Å². The van der Waals surface area contributed by atoms with E-state index in [2.05, 4.69) is 45.1 Å². The lowest BCUT2D eigenvalue weighted by molar-refractivity contribution is -0.121. The van der Waals surface area contributed by atoms with Gasteiger partial charge in [0.25, 0.3) is 0 Å². The van der Waals surface area contributed by atoms with E-state index in [1.54, 1.807) is 11.7 Å². The maximum Gasteiger partial charge on any atom is 0.221 e. The van der Waals surface area contributed by atoms with Gasteiger partial charge in [0, 0.05) is 25.3 Å². The first-order valence-corrected chi connectivity index (χ1v) is 8.42. The minimum absolute atomic E-state index is 0.104. The number of carbonyl (C=O) groups excluding carboxylic acids is 1. The Hall–Kier alpha value is -1.89. The van der Waals surface area contributed by atoms with Gasteiger partial charge in [-0.15, -0.1) is 5.10 Å². The molecule has 0 saturated heterocycles. The lowest BCUT2D eigenvalue weighted by Crippen LogP contribution is -2.38. The highest BCUT2D eigenvalue weighted by molar-refractivity contribution is 7.99. The molecule has 6 nitrogen and oxygen atoms in total. The number of benzene rings is 1. The van der Waals surface area contributed by atoms with Crippen molar-refractivity contribution >= 4 is 17.7 Å². The van der Waals surface area contributed by atoms with Crippen LogP contribution in [0.3, 0.4) is 0 Å². The molecule has 22 heavy (non-hydrogen) atoms.